The summed E-state index contributed by atoms with van der Waals surface area (Å²) in [4.78, 5) is 7.40. The minimum Gasteiger partial charge on any atom is -0.342 e. The van der Waals surface area contributed by atoms with E-state index in [1.54, 1.807) is 0 Å². The van der Waals surface area contributed by atoms with Crippen LogP contribution in [0.3, 0.4) is 0 Å². The molecule has 0 unspecified atom stereocenters. The lowest BCUT2D eigenvalue weighted by molar-refractivity contribution is 0.504. The van der Waals surface area contributed by atoms with Crippen LogP contribution in [-0.2, 0) is 5.41 Å². The van der Waals surface area contributed by atoms with E-state index in [4.69, 9.17) is 12.2 Å². The lowest BCUT2D eigenvalue weighted by Crippen LogP contribution is -2.16. The van der Waals surface area contributed by atoms with E-state index in [1.807, 2.05) is 20.8 Å². The maximum atomic E-state index is 13.7. The van der Waals surface area contributed by atoms with Gasteiger partial charge in [-0.25, -0.2) is 13.8 Å². The molecular formula is C14H12Br2F2N2S. The fraction of sp³-hybridized carbons (Fsp3) is 0.286. The molecule has 0 aliphatic heterocycles. The Hall–Kier alpha value is -0.660. The Bertz CT molecular complexity index is 767. The van der Waals surface area contributed by atoms with Crippen molar-refractivity contribution in [2.75, 3.05) is 0 Å². The Morgan fingerprint density at radius 2 is 1.76 bits per heavy atom. The van der Waals surface area contributed by atoms with E-state index in [2.05, 4.69) is 41.8 Å². The summed E-state index contributed by atoms with van der Waals surface area (Å²) in [5.74, 6) is -1.48. The summed E-state index contributed by atoms with van der Waals surface area (Å²) in [6.07, 6.45) is 0. The van der Waals surface area contributed by atoms with Crippen LogP contribution in [0, 0.1) is 16.3 Å². The molecule has 0 atom stereocenters. The van der Waals surface area contributed by atoms with E-state index in [-0.39, 0.29) is 9.89 Å². The summed E-state index contributed by atoms with van der Waals surface area (Å²) in [5, 5.41) is 0. The minimum absolute atomic E-state index is 0.0165. The van der Waals surface area contributed by atoms with Gasteiger partial charge in [-0.15, -0.1) is 0 Å². The van der Waals surface area contributed by atoms with Crippen molar-refractivity contribution < 1.29 is 8.78 Å². The number of benzene rings is 1. The van der Waals surface area contributed by atoms with Crippen molar-refractivity contribution in [3.05, 3.63) is 43.0 Å². The van der Waals surface area contributed by atoms with Crippen LogP contribution in [0.4, 0.5) is 8.78 Å². The second-order valence-corrected chi connectivity index (χ2v) is 7.53. The van der Waals surface area contributed by atoms with Gasteiger partial charge in [0.15, 0.2) is 11.6 Å². The molecule has 2 rings (SSSR count). The van der Waals surface area contributed by atoms with Crippen molar-refractivity contribution in [1.82, 2.24) is 9.97 Å². The van der Waals surface area contributed by atoms with Gasteiger partial charge >= 0.3 is 0 Å². The highest BCUT2D eigenvalue weighted by molar-refractivity contribution is 9.11. The quantitative estimate of drug-likeness (QED) is 0.444. The molecule has 1 heterocycles. The summed E-state index contributed by atoms with van der Waals surface area (Å²) in [7, 11) is 0. The molecule has 1 aromatic carbocycles. The van der Waals surface area contributed by atoms with E-state index in [0.717, 1.165) is 11.8 Å². The van der Waals surface area contributed by atoms with Crippen LogP contribution in [0.1, 0.15) is 26.5 Å². The zero-order valence-corrected chi connectivity index (χ0v) is 15.5. The SMILES string of the molecule is CC(C)(C)c1[nH]c(-c2ccc(F)c(F)c2Br)nc(=S)c1Br. The molecule has 2 aromatic rings. The molecule has 0 amide bonds. The van der Waals surface area contributed by atoms with Gasteiger partial charge in [0.1, 0.15) is 10.5 Å². The lowest BCUT2D eigenvalue weighted by atomic mass is 9.92. The third kappa shape index (κ3) is 3.24. The van der Waals surface area contributed by atoms with Crippen molar-refractivity contribution in [2.45, 2.75) is 26.2 Å². The van der Waals surface area contributed by atoms with Gasteiger partial charge in [-0.2, -0.15) is 0 Å². The number of halogens is 4. The van der Waals surface area contributed by atoms with Crippen molar-refractivity contribution >= 4 is 44.1 Å². The van der Waals surface area contributed by atoms with Crippen LogP contribution in [-0.4, -0.2) is 9.97 Å². The van der Waals surface area contributed by atoms with Gasteiger partial charge in [-0.3, -0.25) is 0 Å². The first-order chi connectivity index (χ1) is 9.62. The third-order valence-corrected chi connectivity index (χ3v) is 5.01. The molecule has 0 aliphatic rings. The smallest absolute Gasteiger partial charge is 0.173 e. The molecule has 1 aromatic heterocycles. The van der Waals surface area contributed by atoms with Gasteiger partial charge in [0, 0.05) is 16.7 Å². The molecule has 0 fully saturated rings. The Balaban J connectivity index is 2.75. The van der Waals surface area contributed by atoms with Crippen LogP contribution in [0.2, 0.25) is 0 Å². The van der Waals surface area contributed by atoms with Crippen LogP contribution in [0.5, 0.6) is 0 Å². The van der Waals surface area contributed by atoms with Crippen LogP contribution < -0.4 is 0 Å². The van der Waals surface area contributed by atoms with Gasteiger partial charge in [-0.05, 0) is 44.0 Å². The zero-order valence-electron chi connectivity index (χ0n) is 11.5. The first kappa shape index (κ1) is 16.7. The number of aromatic amines is 1. The maximum absolute atomic E-state index is 13.7. The monoisotopic (exact) mass is 436 g/mol. The third-order valence-electron chi connectivity index (χ3n) is 2.90. The van der Waals surface area contributed by atoms with Crippen LogP contribution in [0.15, 0.2) is 21.1 Å². The summed E-state index contributed by atoms with van der Waals surface area (Å²) in [5.41, 5.74) is 1.04. The molecule has 21 heavy (non-hydrogen) atoms. The summed E-state index contributed by atoms with van der Waals surface area (Å²) in [6, 6.07) is 2.52. The second kappa shape index (κ2) is 5.85. The number of nitrogens with zero attached hydrogens (tertiary/aromatic N) is 1. The molecule has 0 spiro atoms. The average Bonchev–Trinajstić information content (AvgIpc) is 2.38. The molecule has 0 saturated carbocycles. The van der Waals surface area contributed by atoms with Crippen molar-refractivity contribution in [3.63, 3.8) is 0 Å². The Kier molecular flexibility index (Phi) is 4.66. The number of H-pyrrole nitrogens is 1. The summed E-state index contributed by atoms with van der Waals surface area (Å²) in [6.45, 7) is 6.05. The fourth-order valence-electron chi connectivity index (χ4n) is 1.81. The molecule has 0 bridgehead atoms. The van der Waals surface area contributed by atoms with E-state index < -0.39 is 11.6 Å². The number of aromatic nitrogens is 2. The van der Waals surface area contributed by atoms with E-state index in [0.29, 0.717) is 20.5 Å². The largest absolute Gasteiger partial charge is 0.342 e. The summed E-state index contributed by atoms with van der Waals surface area (Å²) < 4.78 is 28.0. The van der Waals surface area contributed by atoms with E-state index in [1.165, 1.54) is 6.07 Å². The van der Waals surface area contributed by atoms with Crippen molar-refractivity contribution in [2.24, 2.45) is 0 Å². The molecular weight excluding hydrogens is 426 g/mol. The zero-order chi connectivity index (χ0) is 15.9. The number of rotatable bonds is 1. The van der Waals surface area contributed by atoms with E-state index >= 15 is 0 Å². The number of hydrogen-bond acceptors (Lipinski definition) is 2. The Labute approximate surface area is 143 Å². The minimum atomic E-state index is -0.950. The molecule has 2 nitrogen and oxygen atoms in total. The topological polar surface area (TPSA) is 28.7 Å². The fourth-order valence-corrected chi connectivity index (χ4v) is 3.30. The molecule has 0 radical (unpaired) electrons. The van der Waals surface area contributed by atoms with E-state index in [9.17, 15) is 8.78 Å². The molecule has 1 N–H and O–H groups in total. The molecule has 0 aliphatic carbocycles. The Morgan fingerprint density at radius 1 is 1.14 bits per heavy atom. The molecule has 112 valence electrons. The highest BCUT2D eigenvalue weighted by Gasteiger charge is 2.22. The predicted molar refractivity (Wildman–Crippen MR) is 88.9 cm³/mol. The Morgan fingerprint density at radius 3 is 2.33 bits per heavy atom. The highest BCUT2D eigenvalue weighted by atomic mass is 79.9. The van der Waals surface area contributed by atoms with Crippen LogP contribution >= 0.6 is 44.1 Å². The predicted octanol–water partition coefficient (Wildman–Crippen LogP) is 5.91. The maximum Gasteiger partial charge on any atom is 0.173 e. The van der Waals surface area contributed by atoms with Crippen molar-refractivity contribution in [1.29, 1.82) is 0 Å². The van der Waals surface area contributed by atoms with Gasteiger partial charge in [-0.1, -0.05) is 33.0 Å². The molecule has 7 heteroatoms. The standard InChI is InChI=1S/C14H12Br2F2N2S/c1-14(2,3)11-9(16)13(21)20-12(19-11)6-4-5-7(17)10(18)8(6)15/h4-5H,1-3H3,(H,19,20,21). The van der Waals surface area contributed by atoms with Gasteiger partial charge in [0.05, 0.1) is 8.95 Å². The highest BCUT2D eigenvalue weighted by Crippen LogP contribution is 2.34. The van der Waals surface area contributed by atoms with Gasteiger partial charge in [0.25, 0.3) is 0 Å². The lowest BCUT2D eigenvalue weighted by Gasteiger charge is -2.21. The summed E-state index contributed by atoms with van der Waals surface area (Å²) >= 11 is 11.7. The van der Waals surface area contributed by atoms with Crippen LogP contribution in [0.25, 0.3) is 11.4 Å². The number of nitrogens with one attached hydrogen (secondary N) is 1. The number of hydrogen-bond donors (Lipinski definition) is 1. The van der Waals surface area contributed by atoms with Gasteiger partial charge < -0.3 is 4.98 Å². The van der Waals surface area contributed by atoms with Gasteiger partial charge in [0.2, 0.25) is 0 Å². The average molecular weight is 438 g/mol. The van der Waals surface area contributed by atoms with Crippen molar-refractivity contribution in [3.8, 4) is 11.4 Å². The first-order valence-electron chi connectivity index (χ1n) is 6.07. The molecule has 0 saturated heterocycles. The first-order valence-corrected chi connectivity index (χ1v) is 8.06. The second-order valence-electron chi connectivity index (χ2n) is 5.55. The normalized spacial score (nSPS) is 11.8.